The van der Waals surface area contributed by atoms with E-state index in [1.54, 1.807) is 18.3 Å². The van der Waals surface area contributed by atoms with Crippen molar-refractivity contribution in [2.45, 2.75) is 58.2 Å². The van der Waals surface area contributed by atoms with E-state index in [-0.39, 0.29) is 17.3 Å². The molecule has 4 rings (SSSR count). The van der Waals surface area contributed by atoms with Crippen molar-refractivity contribution < 1.29 is 9.18 Å². The number of carbonyl (C=O) groups excluding carboxylic acids is 1. The Kier molecular flexibility index (Phi) is 4.89. The van der Waals surface area contributed by atoms with Crippen molar-refractivity contribution in [2.24, 2.45) is 5.92 Å². The SMILES string of the molecule is CCc1nccn1CC(=O)N1CC[C@H]2[C@@H](C1)CC(C)(C)N2c1cccc(F)c1. The van der Waals surface area contributed by atoms with Gasteiger partial charge in [-0.1, -0.05) is 13.0 Å². The van der Waals surface area contributed by atoms with Crippen LogP contribution in [0.2, 0.25) is 0 Å². The molecule has 2 aliphatic heterocycles. The number of halogens is 1. The largest absolute Gasteiger partial charge is 0.363 e. The Morgan fingerprint density at radius 3 is 2.93 bits per heavy atom. The number of nitrogens with zero attached hydrogens (tertiary/aromatic N) is 4. The summed E-state index contributed by atoms with van der Waals surface area (Å²) in [6, 6.07) is 7.25. The minimum absolute atomic E-state index is 0.0537. The lowest BCUT2D eigenvalue weighted by atomic mass is 9.89. The maximum absolute atomic E-state index is 13.8. The molecule has 2 atom stereocenters. The summed E-state index contributed by atoms with van der Waals surface area (Å²) in [5.41, 5.74) is 0.894. The number of carbonyl (C=O) groups is 1. The van der Waals surface area contributed by atoms with Crippen molar-refractivity contribution in [3.63, 3.8) is 0 Å². The molecule has 150 valence electrons. The maximum Gasteiger partial charge on any atom is 0.242 e. The number of piperidine rings is 1. The second-order valence-corrected chi connectivity index (χ2v) is 8.65. The second kappa shape index (κ2) is 7.22. The van der Waals surface area contributed by atoms with Crippen LogP contribution >= 0.6 is 0 Å². The number of aromatic nitrogens is 2. The third kappa shape index (κ3) is 3.40. The third-order valence-corrected chi connectivity index (χ3v) is 6.30. The number of hydrogen-bond acceptors (Lipinski definition) is 3. The van der Waals surface area contributed by atoms with Gasteiger partial charge in [-0.2, -0.15) is 0 Å². The summed E-state index contributed by atoms with van der Waals surface area (Å²) in [6.07, 6.45) is 6.38. The van der Waals surface area contributed by atoms with Crippen LogP contribution in [-0.2, 0) is 17.8 Å². The quantitative estimate of drug-likeness (QED) is 0.810. The molecule has 0 radical (unpaired) electrons. The first kappa shape index (κ1) is 19.0. The molecule has 28 heavy (non-hydrogen) atoms. The summed E-state index contributed by atoms with van der Waals surface area (Å²) in [5, 5.41) is 0. The van der Waals surface area contributed by atoms with E-state index in [2.05, 4.69) is 30.7 Å². The number of aryl methyl sites for hydroxylation is 1. The van der Waals surface area contributed by atoms with Gasteiger partial charge in [0.25, 0.3) is 0 Å². The monoisotopic (exact) mass is 384 g/mol. The van der Waals surface area contributed by atoms with E-state index >= 15 is 0 Å². The molecule has 1 amide bonds. The van der Waals surface area contributed by atoms with Gasteiger partial charge in [-0.15, -0.1) is 0 Å². The van der Waals surface area contributed by atoms with E-state index in [1.165, 1.54) is 6.07 Å². The molecule has 0 bridgehead atoms. The fraction of sp³-hybridized carbons (Fsp3) is 0.545. The van der Waals surface area contributed by atoms with Crippen LogP contribution < -0.4 is 4.90 Å². The van der Waals surface area contributed by atoms with Gasteiger partial charge < -0.3 is 14.4 Å². The van der Waals surface area contributed by atoms with Crippen LogP contribution in [0.15, 0.2) is 36.7 Å². The first-order valence-electron chi connectivity index (χ1n) is 10.2. The Bertz CT molecular complexity index is 862. The number of likely N-dealkylation sites (tertiary alicyclic amines) is 1. The first-order valence-corrected chi connectivity index (χ1v) is 10.2. The summed E-state index contributed by atoms with van der Waals surface area (Å²) in [5.74, 6) is 1.32. The molecule has 0 aliphatic carbocycles. The molecule has 1 aromatic carbocycles. The minimum Gasteiger partial charge on any atom is -0.363 e. The molecule has 6 heteroatoms. The van der Waals surface area contributed by atoms with E-state index in [0.29, 0.717) is 18.5 Å². The van der Waals surface area contributed by atoms with Crippen LogP contribution in [0, 0.1) is 11.7 Å². The van der Waals surface area contributed by atoms with Gasteiger partial charge >= 0.3 is 0 Å². The van der Waals surface area contributed by atoms with Gasteiger partial charge in [0.2, 0.25) is 5.91 Å². The highest BCUT2D eigenvalue weighted by atomic mass is 19.1. The number of rotatable bonds is 4. The maximum atomic E-state index is 13.8. The number of imidazole rings is 1. The normalized spacial score (nSPS) is 23.7. The Hall–Kier alpha value is -2.37. The lowest BCUT2D eigenvalue weighted by Crippen LogP contribution is -2.50. The standard InChI is InChI=1S/C22H29FN4O/c1-4-20-24-9-11-25(20)15-21(28)26-10-8-19-16(14-26)13-22(2,3)27(19)18-7-5-6-17(23)12-18/h5-7,9,11-12,16,19H,4,8,10,13-15H2,1-3H3/t16-,19+/m1/s1. The molecule has 5 nitrogen and oxygen atoms in total. The van der Waals surface area contributed by atoms with Crippen LogP contribution in [0.4, 0.5) is 10.1 Å². The topological polar surface area (TPSA) is 41.4 Å². The van der Waals surface area contributed by atoms with Crippen LogP contribution in [0.25, 0.3) is 0 Å². The van der Waals surface area contributed by atoms with Gasteiger partial charge in [0.15, 0.2) is 0 Å². The minimum atomic E-state index is -0.198. The molecular formula is C22H29FN4O. The number of amides is 1. The lowest BCUT2D eigenvalue weighted by Gasteiger charge is -2.42. The zero-order valence-corrected chi connectivity index (χ0v) is 16.9. The Balaban J connectivity index is 1.48. The molecule has 0 unspecified atom stereocenters. The van der Waals surface area contributed by atoms with Crippen molar-refractivity contribution in [1.82, 2.24) is 14.5 Å². The van der Waals surface area contributed by atoms with E-state index in [0.717, 1.165) is 43.9 Å². The molecule has 2 aromatic rings. The van der Waals surface area contributed by atoms with E-state index in [4.69, 9.17) is 0 Å². The number of anilines is 1. The molecule has 2 saturated heterocycles. The molecule has 2 fully saturated rings. The van der Waals surface area contributed by atoms with Crippen LogP contribution in [0.1, 0.15) is 39.4 Å². The van der Waals surface area contributed by atoms with Crippen LogP contribution in [-0.4, -0.2) is 45.0 Å². The van der Waals surface area contributed by atoms with E-state index in [9.17, 15) is 9.18 Å². The van der Waals surface area contributed by atoms with E-state index in [1.807, 2.05) is 21.7 Å². The van der Waals surface area contributed by atoms with Crippen LogP contribution in [0.5, 0.6) is 0 Å². The molecule has 3 heterocycles. The number of fused-ring (bicyclic) bond motifs is 1. The fourth-order valence-corrected chi connectivity index (χ4v) is 5.19. The fourth-order valence-electron chi connectivity index (χ4n) is 5.19. The zero-order chi connectivity index (χ0) is 19.9. The zero-order valence-electron chi connectivity index (χ0n) is 16.9. The highest BCUT2D eigenvalue weighted by Gasteiger charge is 2.48. The van der Waals surface area contributed by atoms with Crippen LogP contribution in [0.3, 0.4) is 0 Å². The average Bonchev–Trinajstić information content (AvgIpc) is 3.20. The van der Waals surface area contributed by atoms with Crippen molar-refractivity contribution in [3.8, 4) is 0 Å². The smallest absolute Gasteiger partial charge is 0.242 e. The highest BCUT2D eigenvalue weighted by molar-refractivity contribution is 5.76. The second-order valence-electron chi connectivity index (χ2n) is 8.65. The summed E-state index contributed by atoms with van der Waals surface area (Å²) in [7, 11) is 0. The van der Waals surface area contributed by atoms with Crippen molar-refractivity contribution in [3.05, 3.63) is 48.3 Å². The summed E-state index contributed by atoms with van der Waals surface area (Å²) in [6.45, 7) is 8.38. The van der Waals surface area contributed by atoms with Gasteiger partial charge in [0.1, 0.15) is 18.2 Å². The molecule has 0 N–H and O–H groups in total. The van der Waals surface area contributed by atoms with Gasteiger partial charge in [0, 0.05) is 49.2 Å². The summed E-state index contributed by atoms with van der Waals surface area (Å²) >= 11 is 0. The predicted molar refractivity (Wildman–Crippen MR) is 108 cm³/mol. The number of benzene rings is 1. The Morgan fingerprint density at radius 1 is 1.36 bits per heavy atom. The summed E-state index contributed by atoms with van der Waals surface area (Å²) < 4.78 is 15.8. The molecule has 0 spiro atoms. The summed E-state index contributed by atoms with van der Waals surface area (Å²) in [4.78, 5) is 21.6. The van der Waals surface area contributed by atoms with Gasteiger partial charge in [-0.05, 0) is 50.8 Å². The van der Waals surface area contributed by atoms with E-state index < -0.39 is 0 Å². The first-order chi connectivity index (χ1) is 13.4. The number of hydrogen-bond donors (Lipinski definition) is 0. The Morgan fingerprint density at radius 2 is 2.18 bits per heavy atom. The van der Waals surface area contributed by atoms with Crippen molar-refractivity contribution in [2.75, 3.05) is 18.0 Å². The highest BCUT2D eigenvalue weighted by Crippen LogP contribution is 2.44. The van der Waals surface area contributed by atoms with Gasteiger partial charge in [-0.25, -0.2) is 9.37 Å². The third-order valence-electron chi connectivity index (χ3n) is 6.30. The predicted octanol–water partition coefficient (Wildman–Crippen LogP) is 3.49. The average molecular weight is 384 g/mol. The molecule has 2 aliphatic rings. The van der Waals surface area contributed by atoms with Gasteiger partial charge in [0.05, 0.1) is 0 Å². The lowest BCUT2D eigenvalue weighted by molar-refractivity contribution is -0.133. The van der Waals surface area contributed by atoms with Crippen molar-refractivity contribution in [1.29, 1.82) is 0 Å². The Labute approximate surface area is 166 Å². The van der Waals surface area contributed by atoms with Gasteiger partial charge in [-0.3, -0.25) is 4.79 Å². The molecule has 0 saturated carbocycles. The molecular weight excluding hydrogens is 355 g/mol. The van der Waals surface area contributed by atoms with Crippen molar-refractivity contribution >= 4 is 11.6 Å². The molecule has 1 aromatic heterocycles.